The number of rotatable bonds is 5. The Balaban J connectivity index is 2.41. The highest BCUT2D eigenvalue weighted by atomic mass is 16.3. The molecule has 0 spiro atoms. The number of nitrogens with one attached hydrogen (secondary N) is 1. The highest BCUT2D eigenvalue weighted by Gasteiger charge is 2.34. The molecule has 1 heterocycles. The molecule has 17 heavy (non-hydrogen) atoms. The van der Waals surface area contributed by atoms with Gasteiger partial charge in [-0.1, -0.05) is 13.8 Å². The Morgan fingerprint density at radius 1 is 1.65 bits per heavy atom. The fourth-order valence-corrected chi connectivity index (χ4v) is 2.25. The zero-order valence-electron chi connectivity index (χ0n) is 11.1. The molecule has 0 saturated carbocycles. The maximum Gasteiger partial charge on any atom is 0.239 e. The van der Waals surface area contributed by atoms with Crippen molar-refractivity contribution < 1.29 is 9.90 Å². The summed E-state index contributed by atoms with van der Waals surface area (Å²) in [6.45, 7) is 6.84. The lowest BCUT2D eigenvalue weighted by molar-refractivity contribution is -0.123. The lowest BCUT2D eigenvalue weighted by atomic mass is 9.78. The molecule has 1 aliphatic rings. The Morgan fingerprint density at radius 3 is 2.76 bits per heavy atom. The molecule has 100 valence electrons. The standard InChI is InChI=1S/C12H25N3O2/c1-12(2,9-4-5-15(3)6-9)8-14-11(17)10(13)7-16/h9-10,16H,4-8,13H2,1-3H3,(H,14,17). The first-order valence-electron chi connectivity index (χ1n) is 6.19. The number of nitrogens with zero attached hydrogens (tertiary/aromatic N) is 1. The van der Waals surface area contributed by atoms with Gasteiger partial charge >= 0.3 is 0 Å². The van der Waals surface area contributed by atoms with Gasteiger partial charge in [-0.3, -0.25) is 4.79 Å². The minimum atomic E-state index is -0.808. The predicted octanol–water partition coefficient (Wildman–Crippen LogP) is -0.600. The van der Waals surface area contributed by atoms with Gasteiger partial charge in [0.1, 0.15) is 6.04 Å². The molecule has 0 bridgehead atoms. The van der Waals surface area contributed by atoms with Crippen LogP contribution in [0.25, 0.3) is 0 Å². The summed E-state index contributed by atoms with van der Waals surface area (Å²) in [5.74, 6) is 0.324. The van der Waals surface area contributed by atoms with E-state index in [1.807, 2.05) is 0 Å². The highest BCUT2D eigenvalue weighted by Crippen LogP contribution is 2.33. The molecule has 1 rings (SSSR count). The zero-order valence-corrected chi connectivity index (χ0v) is 11.1. The second-order valence-electron chi connectivity index (χ2n) is 5.74. The van der Waals surface area contributed by atoms with Crippen molar-refractivity contribution in [3.63, 3.8) is 0 Å². The molecule has 1 saturated heterocycles. The number of hydrogen-bond donors (Lipinski definition) is 3. The first-order valence-corrected chi connectivity index (χ1v) is 6.19. The number of amides is 1. The lowest BCUT2D eigenvalue weighted by Gasteiger charge is -2.32. The largest absolute Gasteiger partial charge is 0.394 e. The molecular formula is C12H25N3O2. The number of likely N-dealkylation sites (tertiary alicyclic amines) is 1. The summed E-state index contributed by atoms with van der Waals surface area (Å²) in [4.78, 5) is 13.8. The van der Waals surface area contributed by atoms with Crippen LogP contribution in [0.4, 0.5) is 0 Å². The third kappa shape index (κ3) is 3.94. The minimum absolute atomic E-state index is 0.0651. The maximum atomic E-state index is 11.5. The Hall–Kier alpha value is -0.650. The van der Waals surface area contributed by atoms with Gasteiger partial charge in [0, 0.05) is 13.1 Å². The van der Waals surface area contributed by atoms with Crippen LogP contribution in [0.1, 0.15) is 20.3 Å². The number of nitrogens with two attached hydrogens (primary N) is 1. The van der Waals surface area contributed by atoms with E-state index in [1.54, 1.807) is 0 Å². The summed E-state index contributed by atoms with van der Waals surface area (Å²) in [6.07, 6.45) is 1.17. The van der Waals surface area contributed by atoms with E-state index in [9.17, 15) is 4.79 Å². The van der Waals surface area contributed by atoms with Gasteiger partial charge in [0.25, 0.3) is 0 Å². The molecule has 0 aromatic heterocycles. The SMILES string of the molecule is CN1CCC(C(C)(C)CNC(=O)C(N)CO)C1. The number of aliphatic hydroxyl groups excluding tert-OH is 1. The van der Waals surface area contributed by atoms with Gasteiger partial charge in [-0.25, -0.2) is 0 Å². The molecule has 2 unspecified atom stereocenters. The average Bonchev–Trinajstić information content (AvgIpc) is 2.72. The third-order valence-corrected chi connectivity index (χ3v) is 3.75. The van der Waals surface area contributed by atoms with Crippen molar-refractivity contribution in [2.45, 2.75) is 26.3 Å². The van der Waals surface area contributed by atoms with E-state index in [1.165, 1.54) is 6.42 Å². The fourth-order valence-electron chi connectivity index (χ4n) is 2.25. The van der Waals surface area contributed by atoms with Crippen LogP contribution in [0, 0.1) is 11.3 Å². The summed E-state index contributed by atoms with van der Waals surface area (Å²) < 4.78 is 0. The van der Waals surface area contributed by atoms with Crippen LogP contribution in [0.3, 0.4) is 0 Å². The number of carbonyl (C=O) groups is 1. The summed E-state index contributed by atoms with van der Waals surface area (Å²) in [5.41, 5.74) is 5.52. The first kappa shape index (κ1) is 14.4. The average molecular weight is 243 g/mol. The summed E-state index contributed by atoms with van der Waals surface area (Å²) in [5, 5.41) is 11.6. The van der Waals surface area contributed by atoms with Gasteiger partial charge in [-0.2, -0.15) is 0 Å². The van der Waals surface area contributed by atoms with Crippen molar-refractivity contribution in [3.8, 4) is 0 Å². The van der Waals surface area contributed by atoms with Crippen LogP contribution in [0.5, 0.6) is 0 Å². The molecule has 0 aromatic carbocycles. The van der Waals surface area contributed by atoms with E-state index in [2.05, 4.69) is 31.1 Å². The molecular weight excluding hydrogens is 218 g/mol. The Kier molecular flexibility index (Phi) is 4.91. The normalized spacial score (nSPS) is 23.7. The van der Waals surface area contributed by atoms with Crippen molar-refractivity contribution in [3.05, 3.63) is 0 Å². The Morgan fingerprint density at radius 2 is 2.29 bits per heavy atom. The number of carbonyl (C=O) groups excluding carboxylic acids is 1. The van der Waals surface area contributed by atoms with Crippen molar-refractivity contribution in [2.24, 2.45) is 17.1 Å². The predicted molar refractivity (Wildman–Crippen MR) is 67.5 cm³/mol. The van der Waals surface area contributed by atoms with Crippen LogP contribution in [0.2, 0.25) is 0 Å². The van der Waals surface area contributed by atoms with Gasteiger partial charge in [0.15, 0.2) is 0 Å². The number of hydrogen-bond acceptors (Lipinski definition) is 4. The molecule has 1 amide bonds. The molecule has 1 fully saturated rings. The van der Waals surface area contributed by atoms with E-state index in [0.29, 0.717) is 12.5 Å². The van der Waals surface area contributed by atoms with Crippen molar-refractivity contribution in [1.29, 1.82) is 0 Å². The van der Waals surface area contributed by atoms with Gasteiger partial charge in [-0.05, 0) is 31.3 Å². The van der Waals surface area contributed by atoms with E-state index >= 15 is 0 Å². The van der Waals surface area contributed by atoms with Crippen LogP contribution >= 0.6 is 0 Å². The van der Waals surface area contributed by atoms with Crippen molar-refractivity contribution in [1.82, 2.24) is 10.2 Å². The maximum absolute atomic E-state index is 11.5. The third-order valence-electron chi connectivity index (χ3n) is 3.75. The fraction of sp³-hybridized carbons (Fsp3) is 0.917. The quantitative estimate of drug-likeness (QED) is 0.602. The minimum Gasteiger partial charge on any atom is -0.394 e. The van der Waals surface area contributed by atoms with Crippen molar-refractivity contribution in [2.75, 3.05) is 33.3 Å². The topological polar surface area (TPSA) is 78.6 Å². The molecule has 0 radical (unpaired) electrons. The molecule has 5 nitrogen and oxygen atoms in total. The van der Waals surface area contributed by atoms with E-state index in [4.69, 9.17) is 10.8 Å². The van der Waals surface area contributed by atoms with Gasteiger partial charge < -0.3 is 21.1 Å². The first-order chi connectivity index (χ1) is 7.86. The van der Waals surface area contributed by atoms with E-state index in [-0.39, 0.29) is 17.9 Å². The Bertz CT molecular complexity index is 268. The smallest absolute Gasteiger partial charge is 0.239 e. The summed E-state index contributed by atoms with van der Waals surface area (Å²) in [7, 11) is 2.12. The summed E-state index contributed by atoms with van der Waals surface area (Å²) in [6, 6.07) is -0.808. The van der Waals surface area contributed by atoms with Gasteiger partial charge in [0.05, 0.1) is 6.61 Å². The van der Waals surface area contributed by atoms with Crippen LogP contribution in [-0.4, -0.2) is 55.2 Å². The molecule has 2 atom stereocenters. The second-order valence-corrected chi connectivity index (χ2v) is 5.74. The molecule has 5 heteroatoms. The zero-order chi connectivity index (χ0) is 13.1. The Labute approximate surface area is 103 Å². The van der Waals surface area contributed by atoms with Crippen LogP contribution in [-0.2, 0) is 4.79 Å². The lowest BCUT2D eigenvalue weighted by Crippen LogP contribution is -2.47. The summed E-state index contributed by atoms with van der Waals surface area (Å²) >= 11 is 0. The molecule has 4 N–H and O–H groups in total. The number of aliphatic hydroxyl groups is 1. The van der Waals surface area contributed by atoms with E-state index < -0.39 is 6.04 Å². The second kappa shape index (κ2) is 5.80. The highest BCUT2D eigenvalue weighted by molar-refractivity contribution is 5.81. The van der Waals surface area contributed by atoms with Crippen LogP contribution in [0.15, 0.2) is 0 Å². The van der Waals surface area contributed by atoms with Crippen LogP contribution < -0.4 is 11.1 Å². The van der Waals surface area contributed by atoms with Gasteiger partial charge in [-0.15, -0.1) is 0 Å². The molecule has 0 aromatic rings. The van der Waals surface area contributed by atoms with Gasteiger partial charge in [0.2, 0.25) is 5.91 Å². The van der Waals surface area contributed by atoms with Crippen molar-refractivity contribution >= 4 is 5.91 Å². The van der Waals surface area contributed by atoms with E-state index in [0.717, 1.165) is 13.1 Å². The molecule has 0 aliphatic carbocycles. The monoisotopic (exact) mass is 243 g/mol. The molecule has 1 aliphatic heterocycles.